The number of carbonyl (C=O) groups excluding carboxylic acids is 1. The average molecular weight is 334 g/mol. The number of sulfonamides is 1. The van der Waals surface area contributed by atoms with Crippen molar-refractivity contribution in [2.75, 3.05) is 18.1 Å². The predicted molar refractivity (Wildman–Crippen MR) is 87.4 cm³/mol. The van der Waals surface area contributed by atoms with Crippen molar-refractivity contribution in [1.29, 1.82) is 0 Å². The van der Waals surface area contributed by atoms with Crippen LogP contribution < -0.4 is 4.90 Å². The lowest BCUT2D eigenvalue weighted by Crippen LogP contribution is -2.35. The molecule has 0 atom stereocenters. The minimum Gasteiger partial charge on any atom is -0.458 e. The minimum atomic E-state index is -3.79. The lowest BCUT2D eigenvalue weighted by atomic mass is 10.2. The van der Waals surface area contributed by atoms with Crippen molar-refractivity contribution in [2.24, 2.45) is 4.40 Å². The lowest BCUT2D eigenvalue weighted by Gasteiger charge is -2.29. The molecule has 0 aliphatic carbocycles. The van der Waals surface area contributed by atoms with Gasteiger partial charge in [-0.25, -0.2) is 4.79 Å². The Hall–Kier alpha value is -2.15. The fourth-order valence-electron chi connectivity index (χ4n) is 2.82. The molecule has 0 bridgehead atoms. The summed E-state index contributed by atoms with van der Waals surface area (Å²) in [5, 5.41) is 0. The minimum absolute atomic E-state index is 0.0659. The van der Waals surface area contributed by atoms with Crippen LogP contribution in [0.15, 0.2) is 40.1 Å². The third-order valence-corrected chi connectivity index (χ3v) is 5.25. The first kappa shape index (κ1) is 15.7. The zero-order valence-corrected chi connectivity index (χ0v) is 13.5. The summed E-state index contributed by atoms with van der Waals surface area (Å²) in [5.74, 6) is 0.0190. The summed E-state index contributed by atoms with van der Waals surface area (Å²) < 4.78 is 33.8. The van der Waals surface area contributed by atoms with Gasteiger partial charge in [-0.15, -0.1) is 4.40 Å². The molecule has 0 saturated carbocycles. The van der Waals surface area contributed by atoms with E-state index in [1.165, 1.54) is 12.1 Å². The van der Waals surface area contributed by atoms with E-state index in [2.05, 4.69) is 11.0 Å². The quantitative estimate of drug-likeness (QED) is 0.627. The first-order chi connectivity index (χ1) is 11.0. The highest BCUT2D eigenvalue weighted by Gasteiger charge is 2.32. The third-order valence-electron chi connectivity index (χ3n) is 3.92. The van der Waals surface area contributed by atoms with E-state index in [0.717, 1.165) is 25.8 Å². The van der Waals surface area contributed by atoms with E-state index >= 15 is 0 Å². The first-order valence-electron chi connectivity index (χ1n) is 7.56. The van der Waals surface area contributed by atoms with Crippen LogP contribution in [-0.4, -0.2) is 33.4 Å². The molecule has 1 saturated heterocycles. The molecule has 2 aliphatic rings. The van der Waals surface area contributed by atoms with Crippen molar-refractivity contribution in [3.05, 3.63) is 36.4 Å². The van der Waals surface area contributed by atoms with Crippen LogP contribution in [0.4, 0.5) is 5.69 Å². The van der Waals surface area contributed by atoms with E-state index in [-0.39, 0.29) is 17.1 Å². The number of esters is 1. The van der Waals surface area contributed by atoms with Crippen LogP contribution in [0.3, 0.4) is 0 Å². The Kier molecular flexibility index (Phi) is 4.21. The van der Waals surface area contributed by atoms with E-state index < -0.39 is 16.0 Å². The topological polar surface area (TPSA) is 76.0 Å². The molecule has 2 aliphatic heterocycles. The van der Waals surface area contributed by atoms with Crippen molar-refractivity contribution in [2.45, 2.75) is 30.6 Å². The van der Waals surface area contributed by atoms with E-state index in [9.17, 15) is 13.2 Å². The van der Waals surface area contributed by atoms with E-state index in [0.29, 0.717) is 17.9 Å². The summed E-state index contributed by atoms with van der Waals surface area (Å²) in [6.07, 6.45) is 5.09. The van der Waals surface area contributed by atoms with Gasteiger partial charge >= 0.3 is 5.97 Å². The van der Waals surface area contributed by atoms with Crippen LogP contribution in [0.5, 0.6) is 0 Å². The zero-order valence-electron chi connectivity index (χ0n) is 12.7. The summed E-state index contributed by atoms with van der Waals surface area (Å²) in [4.78, 5) is 13.9. The van der Waals surface area contributed by atoms with Crippen LogP contribution in [0.2, 0.25) is 0 Å². The number of anilines is 1. The summed E-state index contributed by atoms with van der Waals surface area (Å²) in [6.45, 7) is 4.29. The molecule has 23 heavy (non-hydrogen) atoms. The zero-order chi connectivity index (χ0) is 16.4. The second-order valence-electron chi connectivity index (χ2n) is 5.51. The molecule has 0 N–H and O–H groups in total. The summed E-state index contributed by atoms with van der Waals surface area (Å²) in [5.41, 5.74) is 0.791. The van der Waals surface area contributed by atoms with Gasteiger partial charge in [-0.05, 0) is 31.0 Å². The Morgan fingerprint density at radius 2 is 2.17 bits per heavy atom. The van der Waals surface area contributed by atoms with Crippen LogP contribution in [-0.2, 0) is 14.8 Å². The molecular weight excluding hydrogens is 316 g/mol. The van der Waals surface area contributed by atoms with Gasteiger partial charge in [0, 0.05) is 13.0 Å². The Labute approximate surface area is 135 Å². The largest absolute Gasteiger partial charge is 0.458 e. The second kappa shape index (κ2) is 6.16. The second-order valence-corrected chi connectivity index (χ2v) is 7.09. The molecule has 1 aromatic carbocycles. The van der Waals surface area contributed by atoms with Gasteiger partial charge in [0.05, 0.1) is 11.3 Å². The molecule has 122 valence electrons. The van der Waals surface area contributed by atoms with E-state index in [4.69, 9.17) is 4.74 Å². The lowest BCUT2D eigenvalue weighted by molar-refractivity contribution is 0.0549. The number of nitrogens with zero attached hydrogens (tertiary/aromatic N) is 2. The Morgan fingerprint density at radius 3 is 2.96 bits per heavy atom. The van der Waals surface area contributed by atoms with Gasteiger partial charge in [-0.2, -0.15) is 8.42 Å². The highest BCUT2D eigenvalue weighted by Crippen LogP contribution is 2.35. The van der Waals surface area contributed by atoms with Crippen molar-refractivity contribution < 1.29 is 17.9 Å². The van der Waals surface area contributed by atoms with Gasteiger partial charge in [0.25, 0.3) is 10.0 Å². The number of fused-ring (bicyclic) bond motifs is 3. The molecule has 2 heterocycles. The molecule has 0 unspecified atom stereocenters. The highest BCUT2D eigenvalue weighted by molar-refractivity contribution is 7.90. The number of hydrogen-bond acceptors (Lipinski definition) is 5. The molecule has 3 rings (SSSR count). The predicted octanol–water partition coefficient (Wildman–Crippen LogP) is 2.51. The molecule has 0 spiro atoms. The first-order valence-corrected chi connectivity index (χ1v) is 9.00. The maximum Gasteiger partial charge on any atom is 0.338 e. The van der Waals surface area contributed by atoms with Gasteiger partial charge in [0.2, 0.25) is 0 Å². The van der Waals surface area contributed by atoms with E-state index in [1.54, 1.807) is 12.1 Å². The van der Waals surface area contributed by atoms with Crippen LogP contribution in [0.25, 0.3) is 0 Å². The summed E-state index contributed by atoms with van der Waals surface area (Å²) in [6, 6.07) is 4.60. The maximum atomic E-state index is 12.4. The smallest absolute Gasteiger partial charge is 0.338 e. The van der Waals surface area contributed by atoms with Crippen molar-refractivity contribution in [3.63, 3.8) is 0 Å². The SMILES string of the molecule is C=CCOC(=O)c1ccc2c(c1)S(=O)(=O)N=C1CCCCCN12. The van der Waals surface area contributed by atoms with E-state index in [1.807, 2.05) is 4.90 Å². The molecule has 1 aromatic rings. The normalized spacial score (nSPS) is 19.0. The third kappa shape index (κ3) is 3.01. The molecule has 0 radical (unpaired) electrons. The summed E-state index contributed by atoms with van der Waals surface area (Å²) >= 11 is 0. The fourth-order valence-corrected chi connectivity index (χ4v) is 4.11. The van der Waals surface area contributed by atoms with Crippen LogP contribution >= 0.6 is 0 Å². The standard InChI is InChI=1S/C16H18N2O4S/c1-2-10-22-16(19)12-7-8-13-14(11-12)23(20,21)17-15-6-4-3-5-9-18(13)15/h2,7-8,11H,1,3-6,9-10H2. The molecule has 0 amide bonds. The number of amidine groups is 1. The Bertz CT molecular complexity index is 783. The number of carbonyl (C=O) groups is 1. The molecule has 6 nitrogen and oxygen atoms in total. The van der Waals surface area contributed by atoms with Crippen LogP contribution in [0.1, 0.15) is 36.0 Å². The van der Waals surface area contributed by atoms with Gasteiger partial charge in [0.15, 0.2) is 0 Å². The van der Waals surface area contributed by atoms with Crippen LogP contribution in [0, 0.1) is 0 Å². The van der Waals surface area contributed by atoms with Gasteiger partial charge in [-0.1, -0.05) is 19.1 Å². The van der Waals surface area contributed by atoms with Gasteiger partial charge in [0.1, 0.15) is 17.3 Å². The van der Waals surface area contributed by atoms with Gasteiger partial charge < -0.3 is 9.64 Å². The Balaban J connectivity index is 2.03. The van der Waals surface area contributed by atoms with Crippen molar-refractivity contribution in [1.82, 2.24) is 0 Å². The summed E-state index contributed by atoms with van der Waals surface area (Å²) in [7, 11) is -3.79. The highest BCUT2D eigenvalue weighted by atomic mass is 32.2. The maximum absolute atomic E-state index is 12.4. The van der Waals surface area contributed by atoms with Crippen molar-refractivity contribution >= 4 is 27.5 Å². The fraction of sp³-hybridized carbons (Fsp3) is 0.375. The van der Waals surface area contributed by atoms with Gasteiger partial charge in [-0.3, -0.25) is 0 Å². The molecular formula is C16H18N2O4S. The number of benzene rings is 1. The Morgan fingerprint density at radius 1 is 1.35 bits per heavy atom. The number of rotatable bonds is 3. The number of hydrogen-bond donors (Lipinski definition) is 0. The average Bonchev–Trinajstić information content (AvgIpc) is 2.77. The molecule has 7 heteroatoms. The monoisotopic (exact) mass is 334 g/mol. The number of ether oxygens (including phenoxy) is 1. The molecule has 1 fully saturated rings. The van der Waals surface area contributed by atoms with Crippen molar-refractivity contribution in [3.8, 4) is 0 Å². The molecule has 0 aromatic heterocycles.